The van der Waals surface area contributed by atoms with Crippen LogP contribution in [0, 0.1) is 0 Å². The third-order valence-electron chi connectivity index (χ3n) is 4.29. The second kappa shape index (κ2) is 6.49. The predicted octanol–water partition coefficient (Wildman–Crippen LogP) is 4.46. The quantitative estimate of drug-likeness (QED) is 0.885. The predicted molar refractivity (Wildman–Crippen MR) is 84.1 cm³/mol. The molecule has 0 fully saturated rings. The van der Waals surface area contributed by atoms with Crippen LogP contribution in [-0.2, 0) is 4.74 Å². The number of hydrogen-bond acceptors (Lipinski definition) is 2. The highest BCUT2D eigenvalue weighted by molar-refractivity contribution is 5.76. The summed E-state index contributed by atoms with van der Waals surface area (Å²) in [5.74, 6) is 0.298. The van der Waals surface area contributed by atoms with Gasteiger partial charge in [0.1, 0.15) is 5.60 Å². The van der Waals surface area contributed by atoms with Crippen LogP contribution in [0.3, 0.4) is 0 Å². The molecule has 1 aromatic carbocycles. The number of allylic oxidation sites excluding steroid dienone is 2. The van der Waals surface area contributed by atoms with Crippen LogP contribution in [0.15, 0.2) is 42.0 Å². The summed E-state index contributed by atoms with van der Waals surface area (Å²) in [4.78, 5) is 0. The van der Waals surface area contributed by atoms with Crippen LogP contribution in [0.25, 0.3) is 5.57 Å². The van der Waals surface area contributed by atoms with E-state index >= 15 is 0 Å². The Morgan fingerprint density at radius 1 is 1.26 bits per heavy atom. The average Bonchev–Trinajstić information content (AvgIpc) is 2.53. The van der Waals surface area contributed by atoms with Crippen molar-refractivity contribution in [2.75, 3.05) is 13.7 Å². The molecule has 0 bridgehead atoms. The average molecular weight is 326 g/mol. The van der Waals surface area contributed by atoms with Crippen molar-refractivity contribution in [1.82, 2.24) is 0 Å². The molecule has 2 nitrogen and oxygen atoms in total. The summed E-state index contributed by atoms with van der Waals surface area (Å²) in [5, 5.41) is 9.77. The number of aliphatic hydroxyl groups excluding tert-OH is 1. The minimum Gasteiger partial charge on any atom is -0.393 e. The van der Waals surface area contributed by atoms with E-state index in [2.05, 4.69) is 0 Å². The molecular weight excluding hydrogens is 305 g/mol. The highest BCUT2D eigenvalue weighted by Crippen LogP contribution is 2.43. The van der Waals surface area contributed by atoms with Crippen molar-refractivity contribution in [1.29, 1.82) is 0 Å². The lowest BCUT2D eigenvalue weighted by molar-refractivity contribution is -0.104. The van der Waals surface area contributed by atoms with Gasteiger partial charge in [0.25, 0.3) is 0 Å². The molecule has 1 aromatic rings. The van der Waals surface area contributed by atoms with Gasteiger partial charge in [-0.25, -0.2) is 0 Å². The van der Waals surface area contributed by atoms with Gasteiger partial charge in [-0.2, -0.15) is 13.2 Å². The summed E-state index contributed by atoms with van der Waals surface area (Å²) in [6.07, 6.45) is -2.35. The third-order valence-corrected chi connectivity index (χ3v) is 4.29. The number of rotatable bonds is 4. The normalized spacial score (nSPS) is 22.1. The fourth-order valence-corrected chi connectivity index (χ4v) is 2.80. The number of aliphatic hydroxyl groups is 1. The maximum absolute atomic E-state index is 13.0. The Kier molecular flexibility index (Phi) is 5.01. The molecular formula is C18H21F3O2. The van der Waals surface area contributed by atoms with Crippen molar-refractivity contribution < 1.29 is 23.0 Å². The Morgan fingerprint density at radius 2 is 1.96 bits per heavy atom. The summed E-state index contributed by atoms with van der Waals surface area (Å²) >= 11 is 0. The Bertz CT molecular complexity index is 623. The van der Waals surface area contributed by atoms with E-state index in [1.165, 1.54) is 13.2 Å². The topological polar surface area (TPSA) is 29.5 Å². The SMILES string of the molecule is COC1(CO)CC(C(F)(F)F)=CC=C1c1cccc(C(C)C)c1. The van der Waals surface area contributed by atoms with Gasteiger partial charge in [0.2, 0.25) is 0 Å². The van der Waals surface area contributed by atoms with Gasteiger partial charge in [0.05, 0.1) is 6.61 Å². The minimum absolute atomic E-state index is 0.298. The van der Waals surface area contributed by atoms with E-state index in [4.69, 9.17) is 4.74 Å². The lowest BCUT2D eigenvalue weighted by Gasteiger charge is -2.37. The third kappa shape index (κ3) is 3.51. The van der Waals surface area contributed by atoms with Gasteiger partial charge < -0.3 is 9.84 Å². The molecule has 1 aliphatic carbocycles. The fourth-order valence-electron chi connectivity index (χ4n) is 2.80. The molecule has 1 N–H and O–H groups in total. The van der Waals surface area contributed by atoms with Crippen LogP contribution in [-0.4, -0.2) is 30.6 Å². The van der Waals surface area contributed by atoms with Crippen molar-refractivity contribution in [2.45, 2.75) is 38.0 Å². The molecule has 0 amide bonds. The number of halogens is 3. The maximum atomic E-state index is 13.0. The van der Waals surface area contributed by atoms with Gasteiger partial charge in [-0.05, 0) is 22.6 Å². The van der Waals surface area contributed by atoms with Crippen molar-refractivity contribution >= 4 is 5.57 Å². The van der Waals surface area contributed by atoms with Crippen LogP contribution in [0.4, 0.5) is 13.2 Å². The van der Waals surface area contributed by atoms with Gasteiger partial charge in [-0.15, -0.1) is 0 Å². The summed E-state index contributed by atoms with van der Waals surface area (Å²) in [5.41, 5.74) is 0.339. The number of hydrogen-bond donors (Lipinski definition) is 1. The Labute approximate surface area is 134 Å². The first-order valence-corrected chi connectivity index (χ1v) is 7.48. The molecule has 1 unspecified atom stereocenters. The van der Waals surface area contributed by atoms with Crippen LogP contribution >= 0.6 is 0 Å². The van der Waals surface area contributed by atoms with Gasteiger partial charge in [0.15, 0.2) is 0 Å². The molecule has 0 aliphatic heterocycles. The maximum Gasteiger partial charge on any atom is 0.412 e. The summed E-state index contributed by atoms with van der Waals surface area (Å²) in [6.45, 7) is 3.58. The second-order valence-electron chi connectivity index (χ2n) is 6.08. The zero-order valence-corrected chi connectivity index (χ0v) is 13.4. The van der Waals surface area contributed by atoms with E-state index in [0.717, 1.165) is 17.2 Å². The molecule has 0 saturated heterocycles. The Morgan fingerprint density at radius 3 is 2.48 bits per heavy atom. The summed E-state index contributed by atoms with van der Waals surface area (Å²) < 4.78 is 44.4. The van der Waals surface area contributed by atoms with Gasteiger partial charge in [-0.1, -0.05) is 50.3 Å². The first-order chi connectivity index (χ1) is 10.7. The van der Waals surface area contributed by atoms with Crippen molar-refractivity contribution in [3.8, 4) is 0 Å². The van der Waals surface area contributed by atoms with Crippen LogP contribution in [0.1, 0.15) is 37.3 Å². The van der Waals surface area contributed by atoms with Gasteiger partial charge in [-0.3, -0.25) is 0 Å². The van der Waals surface area contributed by atoms with Crippen molar-refractivity contribution in [3.63, 3.8) is 0 Å². The zero-order valence-electron chi connectivity index (χ0n) is 13.4. The van der Waals surface area contributed by atoms with Crippen LogP contribution in [0.2, 0.25) is 0 Å². The number of methoxy groups -OCH3 is 1. The first-order valence-electron chi connectivity index (χ1n) is 7.48. The van der Waals surface area contributed by atoms with Crippen LogP contribution < -0.4 is 0 Å². The van der Waals surface area contributed by atoms with Crippen molar-refractivity contribution in [3.05, 3.63) is 53.1 Å². The number of alkyl halides is 3. The molecule has 23 heavy (non-hydrogen) atoms. The van der Waals surface area contributed by atoms with E-state index in [0.29, 0.717) is 11.5 Å². The molecule has 0 aromatic heterocycles. The standard InChI is InChI=1S/C18H21F3O2/c1-12(2)13-5-4-6-14(9-13)16-8-7-15(18(19,20)21)10-17(16,11-22)23-3/h4-9,12,22H,10-11H2,1-3H3. The highest BCUT2D eigenvalue weighted by Gasteiger charge is 2.44. The smallest absolute Gasteiger partial charge is 0.393 e. The number of ether oxygens (including phenoxy) is 1. The molecule has 126 valence electrons. The lowest BCUT2D eigenvalue weighted by atomic mass is 9.79. The molecule has 0 heterocycles. The van der Waals surface area contributed by atoms with Gasteiger partial charge >= 0.3 is 6.18 Å². The molecule has 0 radical (unpaired) electrons. The summed E-state index contributed by atoms with van der Waals surface area (Å²) in [7, 11) is 1.33. The van der Waals surface area contributed by atoms with E-state index < -0.39 is 30.4 Å². The second-order valence-corrected chi connectivity index (χ2v) is 6.08. The minimum atomic E-state index is -4.43. The monoisotopic (exact) mass is 326 g/mol. The first kappa shape index (κ1) is 17.8. The number of benzene rings is 1. The molecule has 1 atom stereocenters. The highest BCUT2D eigenvalue weighted by atomic mass is 19.4. The largest absolute Gasteiger partial charge is 0.412 e. The van der Waals surface area contributed by atoms with Crippen molar-refractivity contribution in [2.24, 2.45) is 0 Å². The van der Waals surface area contributed by atoms with Gasteiger partial charge in [0, 0.05) is 19.1 Å². The molecule has 5 heteroatoms. The Balaban J connectivity index is 2.55. The Hall–Kier alpha value is -1.59. The molecule has 0 spiro atoms. The van der Waals surface area contributed by atoms with E-state index in [1.54, 1.807) is 0 Å². The van der Waals surface area contributed by atoms with Crippen LogP contribution in [0.5, 0.6) is 0 Å². The molecule has 2 rings (SSSR count). The van der Waals surface area contributed by atoms with E-state index in [1.807, 2.05) is 38.1 Å². The van der Waals surface area contributed by atoms with E-state index in [9.17, 15) is 18.3 Å². The summed E-state index contributed by atoms with van der Waals surface area (Å²) in [6, 6.07) is 7.61. The lowest BCUT2D eigenvalue weighted by Crippen LogP contribution is -2.41. The van der Waals surface area contributed by atoms with E-state index in [-0.39, 0.29) is 0 Å². The fraction of sp³-hybridized carbons (Fsp3) is 0.444. The molecule has 1 aliphatic rings. The zero-order chi connectivity index (χ0) is 17.3. The molecule has 0 saturated carbocycles.